The molecular formula is C14H18N2O3S. The van der Waals surface area contributed by atoms with Crippen molar-refractivity contribution in [2.45, 2.75) is 0 Å². The zero-order valence-corrected chi connectivity index (χ0v) is 12.2. The summed E-state index contributed by atoms with van der Waals surface area (Å²) < 4.78 is 5.98. The highest BCUT2D eigenvalue weighted by atomic mass is 32.1. The molecule has 0 unspecified atom stereocenters. The van der Waals surface area contributed by atoms with Crippen molar-refractivity contribution in [3.05, 3.63) is 29.1 Å². The number of aliphatic hydroxyl groups excluding tert-OH is 1. The van der Waals surface area contributed by atoms with E-state index in [0.29, 0.717) is 23.7 Å². The minimum absolute atomic E-state index is 0.0831. The van der Waals surface area contributed by atoms with Crippen molar-refractivity contribution in [2.24, 2.45) is 0 Å². The van der Waals surface area contributed by atoms with Gasteiger partial charge in [-0.1, -0.05) is 18.2 Å². The average Bonchev–Trinajstić information content (AvgIpc) is 2.80. The molecule has 3 N–H and O–H groups in total. The van der Waals surface area contributed by atoms with Crippen molar-refractivity contribution in [3.8, 4) is 0 Å². The molecule has 0 aliphatic heterocycles. The Kier molecular flexibility index (Phi) is 4.94. The van der Waals surface area contributed by atoms with E-state index >= 15 is 0 Å². The van der Waals surface area contributed by atoms with Gasteiger partial charge < -0.3 is 20.5 Å². The van der Waals surface area contributed by atoms with Gasteiger partial charge in [0, 0.05) is 30.3 Å². The molecule has 2 aromatic rings. The van der Waals surface area contributed by atoms with E-state index in [9.17, 15) is 4.79 Å². The largest absolute Gasteiger partial charge is 0.397 e. The van der Waals surface area contributed by atoms with Gasteiger partial charge in [0.25, 0.3) is 5.91 Å². The number of nitrogens with two attached hydrogens (primary N) is 1. The molecule has 0 atom stereocenters. The summed E-state index contributed by atoms with van der Waals surface area (Å²) in [6, 6.07) is 7.67. The van der Waals surface area contributed by atoms with Crippen molar-refractivity contribution in [1.29, 1.82) is 0 Å². The van der Waals surface area contributed by atoms with Crippen LogP contribution in [0, 0.1) is 0 Å². The van der Waals surface area contributed by atoms with Gasteiger partial charge in [0.15, 0.2) is 0 Å². The molecule has 108 valence electrons. The van der Waals surface area contributed by atoms with Crippen LogP contribution >= 0.6 is 11.3 Å². The van der Waals surface area contributed by atoms with Crippen LogP contribution in [0.15, 0.2) is 24.3 Å². The quantitative estimate of drug-likeness (QED) is 0.848. The summed E-state index contributed by atoms with van der Waals surface area (Å²) in [6.07, 6.45) is 0. The summed E-state index contributed by atoms with van der Waals surface area (Å²) >= 11 is 1.38. The number of methoxy groups -OCH3 is 1. The number of anilines is 1. The lowest BCUT2D eigenvalue weighted by molar-refractivity contribution is 0.0662. The number of carbonyl (C=O) groups is 1. The van der Waals surface area contributed by atoms with E-state index in [-0.39, 0.29) is 19.1 Å². The Balaban J connectivity index is 2.30. The normalized spacial score (nSPS) is 10.9. The van der Waals surface area contributed by atoms with Gasteiger partial charge in [-0.05, 0) is 6.07 Å². The Morgan fingerprint density at radius 2 is 2.15 bits per heavy atom. The van der Waals surface area contributed by atoms with Gasteiger partial charge in [0.05, 0.1) is 18.9 Å². The lowest BCUT2D eigenvalue weighted by Gasteiger charge is -2.20. The van der Waals surface area contributed by atoms with Gasteiger partial charge in [-0.15, -0.1) is 11.3 Å². The summed E-state index contributed by atoms with van der Waals surface area (Å²) in [5.41, 5.74) is 6.58. The third kappa shape index (κ3) is 2.92. The van der Waals surface area contributed by atoms with Crippen molar-refractivity contribution < 1.29 is 14.6 Å². The van der Waals surface area contributed by atoms with Crippen LogP contribution in [0.3, 0.4) is 0 Å². The first-order chi connectivity index (χ1) is 9.69. The molecule has 0 aliphatic carbocycles. The highest BCUT2D eigenvalue weighted by molar-refractivity contribution is 7.21. The number of fused-ring (bicyclic) bond motifs is 1. The van der Waals surface area contributed by atoms with Crippen molar-refractivity contribution in [3.63, 3.8) is 0 Å². The number of nitrogen functional groups attached to an aromatic ring is 1. The molecule has 0 saturated heterocycles. The van der Waals surface area contributed by atoms with Crippen LogP contribution in [0.2, 0.25) is 0 Å². The molecule has 1 aromatic heterocycles. The molecule has 1 heterocycles. The Hall–Kier alpha value is -1.63. The second-order valence-electron chi connectivity index (χ2n) is 4.35. The molecule has 0 bridgehead atoms. The number of hydrogen-bond acceptors (Lipinski definition) is 5. The summed E-state index contributed by atoms with van der Waals surface area (Å²) in [7, 11) is 1.58. The highest BCUT2D eigenvalue weighted by Gasteiger charge is 2.21. The number of rotatable bonds is 6. The topological polar surface area (TPSA) is 75.8 Å². The standard InChI is InChI=1S/C14H18N2O3S/c1-19-9-7-16(6-8-17)14(18)13-12(15)10-4-2-3-5-11(10)20-13/h2-5,17H,6-9,15H2,1H3. The summed E-state index contributed by atoms with van der Waals surface area (Å²) in [4.78, 5) is 14.6. The first-order valence-electron chi connectivity index (χ1n) is 6.35. The number of benzene rings is 1. The van der Waals surface area contributed by atoms with Gasteiger partial charge in [0.2, 0.25) is 0 Å². The Morgan fingerprint density at radius 1 is 1.40 bits per heavy atom. The van der Waals surface area contributed by atoms with Crippen molar-refractivity contribution >= 4 is 33.0 Å². The van der Waals surface area contributed by atoms with Crippen LogP contribution in [0.5, 0.6) is 0 Å². The smallest absolute Gasteiger partial charge is 0.266 e. The van der Waals surface area contributed by atoms with Crippen LogP contribution in [-0.2, 0) is 4.74 Å². The molecule has 20 heavy (non-hydrogen) atoms. The van der Waals surface area contributed by atoms with Crippen LogP contribution in [0.25, 0.3) is 10.1 Å². The van der Waals surface area contributed by atoms with E-state index in [1.807, 2.05) is 24.3 Å². The molecule has 2 rings (SSSR count). The molecule has 0 spiro atoms. The Bertz CT molecular complexity index is 597. The molecule has 0 aliphatic rings. The van der Waals surface area contributed by atoms with Gasteiger partial charge in [0.1, 0.15) is 4.88 Å². The third-order valence-electron chi connectivity index (χ3n) is 3.05. The second-order valence-corrected chi connectivity index (χ2v) is 5.40. The number of amides is 1. The van der Waals surface area contributed by atoms with Crippen LogP contribution in [0.4, 0.5) is 5.69 Å². The summed E-state index contributed by atoms with van der Waals surface area (Å²) in [5, 5.41) is 9.98. The zero-order valence-electron chi connectivity index (χ0n) is 11.3. The number of ether oxygens (including phenoxy) is 1. The van der Waals surface area contributed by atoms with Gasteiger partial charge >= 0.3 is 0 Å². The molecule has 1 amide bonds. The molecule has 5 nitrogen and oxygen atoms in total. The van der Waals surface area contributed by atoms with E-state index in [1.165, 1.54) is 11.3 Å². The highest BCUT2D eigenvalue weighted by Crippen LogP contribution is 2.34. The SMILES string of the molecule is COCCN(CCO)C(=O)c1sc2ccccc2c1N. The Morgan fingerprint density at radius 3 is 2.80 bits per heavy atom. The van der Waals surface area contributed by atoms with E-state index < -0.39 is 0 Å². The lowest BCUT2D eigenvalue weighted by atomic mass is 10.2. The Labute approximate surface area is 121 Å². The fourth-order valence-electron chi connectivity index (χ4n) is 2.00. The predicted molar refractivity (Wildman–Crippen MR) is 81.1 cm³/mol. The number of nitrogens with zero attached hydrogens (tertiary/aromatic N) is 1. The van der Waals surface area contributed by atoms with E-state index in [1.54, 1.807) is 12.0 Å². The molecule has 0 fully saturated rings. The maximum atomic E-state index is 12.5. The first-order valence-corrected chi connectivity index (χ1v) is 7.16. The zero-order chi connectivity index (χ0) is 14.5. The van der Waals surface area contributed by atoms with Crippen molar-refractivity contribution in [1.82, 2.24) is 4.90 Å². The average molecular weight is 294 g/mol. The molecular weight excluding hydrogens is 276 g/mol. The fraction of sp³-hybridized carbons (Fsp3) is 0.357. The van der Waals surface area contributed by atoms with Crippen LogP contribution in [-0.4, -0.2) is 49.3 Å². The minimum atomic E-state index is -0.158. The molecule has 6 heteroatoms. The first kappa shape index (κ1) is 14.8. The minimum Gasteiger partial charge on any atom is -0.397 e. The monoisotopic (exact) mass is 294 g/mol. The van der Waals surface area contributed by atoms with E-state index in [4.69, 9.17) is 15.6 Å². The van der Waals surface area contributed by atoms with Crippen molar-refractivity contribution in [2.75, 3.05) is 39.1 Å². The maximum Gasteiger partial charge on any atom is 0.266 e. The predicted octanol–water partition coefficient (Wildman–Crippen LogP) is 1.56. The van der Waals surface area contributed by atoms with E-state index in [0.717, 1.165) is 10.1 Å². The second kappa shape index (κ2) is 6.69. The van der Waals surface area contributed by atoms with Gasteiger partial charge in [-0.3, -0.25) is 4.79 Å². The summed E-state index contributed by atoms with van der Waals surface area (Å²) in [5.74, 6) is -0.158. The van der Waals surface area contributed by atoms with E-state index in [2.05, 4.69) is 0 Å². The molecule has 0 radical (unpaired) electrons. The fourth-order valence-corrected chi connectivity index (χ4v) is 3.10. The van der Waals surface area contributed by atoms with Gasteiger partial charge in [-0.25, -0.2) is 0 Å². The number of hydrogen-bond donors (Lipinski definition) is 2. The van der Waals surface area contributed by atoms with Crippen LogP contribution in [0.1, 0.15) is 9.67 Å². The molecule has 0 saturated carbocycles. The number of carbonyl (C=O) groups excluding carboxylic acids is 1. The third-order valence-corrected chi connectivity index (χ3v) is 4.23. The molecule has 1 aromatic carbocycles. The summed E-state index contributed by atoms with van der Waals surface area (Å²) in [6.45, 7) is 1.05. The number of aliphatic hydroxyl groups is 1. The lowest BCUT2D eigenvalue weighted by Crippen LogP contribution is -2.36. The van der Waals surface area contributed by atoms with Crippen LogP contribution < -0.4 is 5.73 Å². The van der Waals surface area contributed by atoms with Gasteiger partial charge in [-0.2, -0.15) is 0 Å². The maximum absolute atomic E-state index is 12.5. The number of thiophene rings is 1.